The predicted octanol–water partition coefficient (Wildman–Crippen LogP) is 3.32. The van der Waals surface area contributed by atoms with E-state index in [2.05, 4.69) is 20.6 Å². The molecule has 5 nitrogen and oxygen atoms in total. The molecule has 26 heavy (non-hydrogen) atoms. The van der Waals surface area contributed by atoms with Crippen LogP contribution in [-0.2, 0) is 6.54 Å². The maximum atomic E-state index is 13.0. The zero-order valence-corrected chi connectivity index (χ0v) is 15.6. The molecule has 1 heterocycles. The molecule has 0 radical (unpaired) electrons. The van der Waals surface area contributed by atoms with Gasteiger partial charge in [0.1, 0.15) is 5.82 Å². The van der Waals surface area contributed by atoms with Crippen LogP contribution in [0.2, 0.25) is 0 Å². The summed E-state index contributed by atoms with van der Waals surface area (Å²) in [4.78, 5) is 10.9. The second-order valence-electron chi connectivity index (χ2n) is 6.82. The number of anilines is 1. The summed E-state index contributed by atoms with van der Waals surface area (Å²) in [6.45, 7) is 2.94. The minimum Gasteiger partial charge on any atom is -0.363 e. The first kappa shape index (κ1) is 20.3. The standard InChI is InChI=1S/C18H28F3N5/c1-4-22-17(23-12-15-9-6-10-16(24-15)26(2)3)25-14-8-5-7-13(11-14)18(19,20)21/h6,9-10,13-14H,4-5,7-8,11-12H2,1-3H3,(H2,22,23,25). The summed E-state index contributed by atoms with van der Waals surface area (Å²) in [6.07, 6.45) is -2.50. The van der Waals surface area contributed by atoms with Crippen molar-refractivity contribution in [3.63, 3.8) is 0 Å². The number of aliphatic imine (C=N–C) groups is 1. The Kier molecular flexibility index (Phi) is 7.11. The zero-order valence-electron chi connectivity index (χ0n) is 15.6. The Morgan fingerprint density at radius 2 is 2.08 bits per heavy atom. The van der Waals surface area contributed by atoms with Crippen LogP contribution in [0, 0.1) is 5.92 Å². The average molecular weight is 371 g/mol. The van der Waals surface area contributed by atoms with Gasteiger partial charge in [-0.3, -0.25) is 0 Å². The highest BCUT2D eigenvalue weighted by Crippen LogP contribution is 2.37. The Morgan fingerprint density at radius 1 is 1.31 bits per heavy atom. The first-order valence-corrected chi connectivity index (χ1v) is 9.04. The van der Waals surface area contributed by atoms with Crippen LogP contribution in [0.15, 0.2) is 23.2 Å². The molecular weight excluding hydrogens is 343 g/mol. The molecule has 1 aromatic rings. The highest BCUT2D eigenvalue weighted by molar-refractivity contribution is 5.80. The van der Waals surface area contributed by atoms with Gasteiger partial charge in [0.15, 0.2) is 5.96 Å². The maximum absolute atomic E-state index is 13.0. The van der Waals surface area contributed by atoms with Crippen LogP contribution in [0.3, 0.4) is 0 Å². The van der Waals surface area contributed by atoms with Crippen molar-refractivity contribution in [2.24, 2.45) is 10.9 Å². The van der Waals surface area contributed by atoms with Crippen LogP contribution in [0.25, 0.3) is 0 Å². The minimum atomic E-state index is -4.12. The van der Waals surface area contributed by atoms with Crippen LogP contribution < -0.4 is 15.5 Å². The Morgan fingerprint density at radius 3 is 2.73 bits per heavy atom. The first-order valence-electron chi connectivity index (χ1n) is 9.04. The molecule has 0 bridgehead atoms. The predicted molar refractivity (Wildman–Crippen MR) is 98.3 cm³/mol. The molecule has 2 rings (SSSR count). The van der Waals surface area contributed by atoms with E-state index < -0.39 is 12.1 Å². The first-order chi connectivity index (χ1) is 12.3. The van der Waals surface area contributed by atoms with Gasteiger partial charge in [0.05, 0.1) is 18.2 Å². The highest BCUT2D eigenvalue weighted by Gasteiger charge is 2.42. The van der Waals surface area contributed by atoms with Crippen molar-refractivity contribution in [2.75, 3.05) is 25.5 Å². The van der Waals surface area contributed by atoms with Crippen LogP contribution in [0.4, 0.5) is 19.0 Å². The summed E-state index contributed by atoms with van der Waals surface area (Å²) in [7, 11) is 3.84. The second-order valence-corrected chi connectivity index (χ2v) is 6.82. The molecule has 1 aromatic heterocycles. The number of hydrogen-bond acceptors (Lipinski definition) is 3. The monoisotopic (exact) mass is 371 g/mol. The fraction of sp³-hybridized carbons (Fsp3) is 0.667. The van der Waals surface area contributed by atoms with E-state index in [0.29, 0.717) is 25.5 Å². The molecule has 0 aromatic carbocycles. The van der Waals surface area contributed by atoms with Gasteiger partial charge in [0.2, 0.25) is 0 Å². The quantitative estimate of drug-likeness (QED) is 0.616. The molecule has 0 saturated heterocycles. The van der Waals surface area contributed by atoms with Gasteiger partial charge in [-0.1, -0.05) is 12.5 Å². The number of pyridine rings is 1. The summed E-state index contributed by atoms with van der Waals surface area (Å²) < 4.78 is 39.0. The van der Waals surface area contributed by atoms with Gasteiger partial charge in [-0.15, -0.1) is 0 Å². The molecule has 1 aliphatic carbocycles. The third kappa shape index (κ3) is 6.07. The average Bonchev–Trinajstić information content (AvgIpc) is 2.59. The third-order valence-electron chi connectivity index (χ3n) is 4.47. The Hall–Kier alpha value is -1.99. The number of rotatable bonds is 5. The van der Waals surface area contributed by atoms with E-state index >= 15 is 0 Å². The number of nitrogens with one attached hydrogen (secondary N) is 2. The van der Waals surface area contributed by atoms with E-state index in [-0.39, 0.29) is 18.9 Å². The Labute approximate surface area is 153 Å². The highest BCUT2D eigenvalue weighted by atomic mass is 19.4. The van der Waals surface area contributed by atoms with Crippen LogP contribution in [0.5, 0.6) is 0 Å². The molecule has 146 valence electrons. The number of guanidine groups is 1. The number of hydrogen-bond donors (Lipinski definition) is 2. The molecule has 2 atom stereocenters. The fourth-order valence-electron chi connectivity index (χ4n) is 3.10. The number of halogens is 3. The van der Waals surface area contributed by atoms with E-state index in [4.69, 9.17) is 0 Å². The van der Waals surface area contributed by atoms with Crippen LogP contribution >= 0.6 is 0 Å². The molecule has 0 amide bonds. The lowest BCUT2D eigenvalue weighted by Crippen LogP contribution is -2.46. The van der Waals surface area contributed by atoms with Crippen LogP contribution in [0.1, 0.15) is 38.3 Å². The van der Waals surface area contributed by atoms with Crippen molar-refractivity contribution >= 4 is 11.8 Å². The smallest absolute Gasteiger partial charge is 0.363 e. The molecule has 8 heteroatoms. The Balaban J connectivity index is 2.01. The summed E-state index contributed by atoms with van der Waals surface area (Å²) in [6, 6.07) is 5.51. The van der Waals surface area contributed by atoms with E-state index in [1.165, 1.54) is 0 Å². The van der Waals surface area contributed by atoms with Crippen molar-refractivity contribution < 1.29 is 13.2 Å². The Bertz CT molecular complexity index is 601. The van der Waals surface area contributed by atoms with Gasteiger partial charge in [-0.05, 0) is 38.3 Å². The van der Waals surface area contributed by atoms with Crippen molar-refractivity contribution in [2.45, 2.75) is 51.4 Å². The lowest BCUT2D eigenvalue weighted by atomic mass is 9.85. The van der Waals surface area contributed by atoms with Crippen molar-refractivity contribution in [1.29, 1.82) is 0 Å². The fourth-order valence-corrected chi connectivity index (χ4v) is 3.10. The van der Waals surface area contributed by atoms with Gasteiger partial charge in [0, 0.05) is 26.7 Å². The third-order valence-corrected chi connectivity index (χ3v) is 4.47. The second kappa shape index (κ2) is 9.09. The molecule has 0 aliphatic heterocycles. The molecular formula is C18H28F3N5. The van der Waals surface area contributed by atoms with E-state index in [9.17, 15) is 13.2 Å². The largest absolute Gasteiger partial charge is 0.391 e. The van der Waals surface area contributed by atoms with Crippen molar-refractivity contribution in [1.82, 2.24) is 15.6 Å². The number of nitrogens with zero attached hydrogens (tertiary/aromatic N) is 3. The maximum Gasteiger partial charge on any atom is 0.391 e. The zero-order chi connectivity index (χ0) is 19.2. The van der Waals surface area contributed by atoms with Crippen LogP contribution in [-0.4, -0.2) is 43.8 Å². The molecule has 2 N–H and O–H groups in total. The summed E-state index contributed by atoms with van der Waals surface area (Å²) in [5.74, 6) is 0.156. The minimum absolute atomic E-state index is 0.0995. The summed E-state index contributed by atoms with van der Waals surface area (Å²) in [5.41, 5.74) is 0.810. The number of alkyl halides is 3. The van der Waals surface area contributed by atoms with Gasteiger partial charge in [-0.2, -0.15) is 13.2 Å². The topological polar surface area (TPSA) is 52.6 Å². The van der Waals surface area contributed by atoms with Gasteiger partial charge >= 0.3 is 6.18 Å². The normalized spacial score (nSPS) is 21.4. The number of aromatic nitrogens is 1. The molecule has 0 spiro atoms. The SMILES string of the molecule is CCNC(=NCc1cccc(N(C)C)n1)NC1CCCC(C(F)(F)F)C1. The summed E-state index contributed by atoms with van der Waals surface area (Å²) >= 11 is 0. The van der Waals surface area contributed by atoms with E-state index in [0.717, 1.165) is 17.9 Å². The van der Waals surface area contributed by atoms with Gasteiger partial charge < -0.3 is 15.5 Å². The van der Waals surface area contributed by atoms with E-state index in [1.807, 2.05) is 44.1 Å². The van der Waals surface area contributed by atoms with E-state index in [1.54, 1.807) is 0 Å². The summed E-state index contributed by atoms with van der Waals surface area (Å²) in [5, 5.41) is 6.28. The lowest BCUT2D eigenvalue weighted by molar-refractivity contribution is -0.183. The van der Waals surface area contributed by atoms with Crippen molar-refractivity contribution in [3.05, 3.63) is 23.9 Å². The molecule has 1 fully saturated rings. The van der Waals surface area contributed by atoms with Gasteiger partial charge in [0.25, 0.3) is 0 Å². The van der Waals surface area contributed by atoms with Crippen molar-refractivity contribution in [3.8, 4) is 0 Å². The van der Waals surface area contributed by atoms with Gasteiger partial charge in [-0.25, -0.2) is 9.98 Å². The molecule has 1 aliphatic rings. The molecule has 2 unspecified atom stereocenters. The lowest BCUT2D eigenvalue weighted by Gasteiger charge is -2.31. The molecule has 1 saturated carbocycles.